The van der Waals surface area contributed by atoms with Crippen molar-refractivity contribution in [3.05, 3.63) is 40.0 Å². The summed E-state index contributed by atoms with van der Waals surface area (Å²) in [6.45, 7) is 6.41. The maximum absolute atomic E-state index is 12.4. The summed E-state index contributed by atoms with van der Waals surface area (Å²) in [7, 11) is 0. The second kappa shape index (κ2) is 7.59. The topological polar surface area (TPSA) is 39.2 Å². The lowest BCUT2D eigenvalue weighted by Gasteiger charge is -2.10. The predicted octanol–water partition coefficient (Wildman–Crippen LogP) is 5.24. The smallest absolute Gasteiger partial charge is 0.338 e. The van der Waals surface area contributed by atoms with Gasteiger partial charge in [-0.25, -0.2) is 4.79 Å². The van der Waals surface area contributed by atoms with Gasteiger partial charge in [-0.15, -0.1) is 0 Å². The highest BCUT2D eigenvalue weighted by Gasteiger charge is 2.15. The Morgan fingerprint density at radius 2 is 2.00 bits per heavy atom. The largest absolute Gasteiger partial charge is 0.462 e. The van der Waals surface area contributed by atoms with E-state index in [1.54, 1.807) is 12.1 Å². The first kappa shape index (κ1) is 16.8. The van der Waals surface area contributed by atoms with Crippen LogP contribution in [-0.4, -0.2) is 17.6 Å². The van der Waals surface area contributed by atoms with Crippen LogP contribution in [0.2, 0.25) is 5.02 Å². The number of rotatable bonds is 6. The Kier molecular flexibility index (Phi) is 5.78. The zero-order valence-corrected chi connectivity index (χ0v) is 14.2. The first-order valence-electron chi connectivity index (χ1n) is 7.78. The monoisotopic (exact) mass is 319 g/mol. The van der Waals surface area contributed by atoms with Crippen molar-refractivity contribution in [1.29, 1.82) is 0 Å². The van der Waals surface area contributed by atoms with Crippen molar-refractivity contribution in [2.24, 2.45) is 0 Å². The van der Waals surface area contributed by atoms with E-state index in [1.165, 1.54) is 12.8 Å². The minimum atomic E-state index is -0.284. The average Bonchev–Trinajstić information content (AvgIpc) is 2.50. The highest BCUT2D eigenvalue weighted by atomic mass is 35.5. The summed E-state index contributed by atoms with van der Waals surface area (Å²) in [5.41, 5.74) is 3.01. The lowest BCUT2D eigenvalue weighted by molar-refractivity contribution is 0.0500. The van der Waals surface area contributed by atoms with E-state index in [-0.39, 0.29) is 5.97 Å². The van der Waals surface area contributed by atoms with Gasteiger partial charge < -0.3 is 4.74 Å². The van der Waals surface area contributed by atoms with E-state index in [9.17, 15) is 4.79 Å². The Balaban J connectivity index is 2.23. The highest BCUT2D eigenvalue weighted by Crippen LogP contribution is 2.27. The molecule has 0 aliphatic carbocycles. The van der Waals surface area contributed by atoms with Gasteiger partial charge in [0.15, 0.2) is 0 Å². The Labute approximate surface area is 136 Å². The summed E-state index contributed by atoms with van der Waals surface area (Å²) >= 11 is 6.15. The third kappa shape index (κ3) is 3.77. The number of unbranched alkanes of at least 4 members (excludes halogenated alkanes) is 3. The minimum absolute atomic E-state index is 0.284. The zero-order chi connectivity index (χ0) is 16.1. The molecular weight excluding hydrogens is 298 g/mol. The van der Waals surface area contributed by atoms with Crippen molar-refractivity contribution in [2.75, 3.05) is 6.61 Å². The molecule has 0 unspecified atom stereocenters. The van der Waals surface area contributed by atoms with Crippen molar-refractivity contribution in [3.8, 4) is 0 Å². The molecule has 0 amide bonds. The molecule has 0 aliphatic rings. The molecule has 0 saturated heterocycles. The van der Waals surface area contributed by atoms with Crippen LogP contribution in [0.4, 0.5) is 0 Å². The van der Waals surface area contributed by atoms with Crippen LogP contribution in [-0.2, 0) is 4.74 Å². The highest BCUT2D eigenvalue weighted by molar-refractivity contribution is 6.32. The van der Waals surface area contributed by atoms with Gasteiger partial charge in [0, 0.05) is 16.1 Å². The Bertz CT molecular complexity index is 682. The predicted molar refractivity (Wildman–Crippen MR) is 90.7 cm³/mol. The van der Waals surface area contributed by atoms with Crippen LogP contribution in [0.15, 0.2) is 18.2 Å². The van der Waals surface area contributed by atoms with Crippen molar-refractivity contribution >= 4 is 28.5 Å². The Morgan fingerprint density at radius 1 is 1.23 bits per heavy atom. The molecule has 1 aromatic heterocycles. The van der Waals surface area contributed by atoms with Crippen molar-refractivity contribution in [1.82, 2.24) is 4.98 Å². The van der Waals surface area contributed by atoms with Crippen LogP contribution in [0.1, 0.15) is 54.2 Å². The number of nitrogens with zero attached hydrogens (tertiary/aromatic N) is 1. The molecular formula is C18H22ClNO2. The number of esters is 1. The number of ether oxygens (including phenoxy) is 1. The molecule has 2 aromatic rings. The molecule has 0 saturated carbocycles. The standard InChI is InChI=1S/C18H22ClNO2/c1-4-5-6-7-10-22-18(21)15-11-12(2)20-17-13(3)16(19)9-8-14(15)17/h8-9,11H,4-7,10H2,1-3H3. The summed E-state index contributed by atoms with van der Waals surface area (Å²) in [5.74, 6) is -0.284. The van der Waals surface area contributed by atoms with E-state index in [0.717, 1.165) is 35.0 Å². The lowest BCUT2D eigenvalue weighted by atomic mass is 10.0. The van der Waals surface area contributed by atoms with Gasteiger partial charge >= 0.3 is 5.97 Å². The second-order valence-corrected chi connectivity index (χ2v) is 5.98. The molecule has 0 atom stereocenters. The normalized spacial score (nSPS) is 10.9. The van der Waals surface area contributed by atoms with Gasteiger partial charge in [0.25, 0.3) is 0 Å². The van der Waals surface area contributed by atoms with E-state index in [4.69, 9.17) is 16.3 Å². The quantitative estimate of drug-likeness (QED) is 0.539. The summed E-state index contributed by atoms with van der Waals surface area (Å²) < 4.78 is 5.41. The van der Waals surface area contributed by atoms with Crippen molar-refractivity contribution in [3.63, 3.8) is 0 Å². The molecule has 22 heavy (non-hydrogen) atoms. The summed E-state index contributed by atoms with van der Waals surface area (Å²) in [5, 5.41) is 1.45. The Morgan fingerprint density at radius 3 is 2.73 bits per heavy atom. The maximum Gasteiger partial charge on any atom is 0.338 e. The average molecular weight is 320 g/mol. The second-order valence-electron chi connectivity index (χ2n) is 5.58. The van der Waals surface area contributed by atoms with Gasteiger partial charge in [-0.2, -0.15) is 0 Å². The number of aromatic nitrogens is 1. The van der Waals surface area contributed by atoms with Crippen LogP contribution in [0.3, 0.4) is 0 Å². The van der Waals surface area contributed by atoms with E-state index in [0.29, 0.717) is 17.2 Å². The van der Waals surface area contributed by atoms with E-state index in [2.05, 4.69) is 11.9 Å². The summed E-state index contributed by atoms with van der Waals surface area (Å²) in [6, 6.07) is 5.42. The molecule has 0 bridgehead atoms. The number of pyridine rings is 1. The van der Waals surface area contributed by atoms with Gasteiger partial charge in [0.05, 0.1) is 17.7 Å². The Hall–Kier alpha value is -1.61. The fourth-order valence-electron chi connectivity index (χ4n) is 2.47. The number of halogens is 1. The van der Waals surface area contributed by atoms with Crippen molar-refractivity contribution in [2.45, 2.75) is 46.5 Å². The molecule has 0 fully saturated rings. The van der Waals surface area contributed by atoms with Crippen LogP contribution in [0.5, 0.6) is 0 Å². The van der Waals surface area contributed by atoms with Gasteiger partial charge in [-0.1, -0.05) is 43.9 Å². The number of aryl methyl sites for hydroxylation is 2. The maximum atomic E-state index is 12.4. The molecule has 0 aliphatic heterocycles. The third-order valence-corrected chi connectivity index (χ3v) is 4.16. The van der Waals surface area contributed by atoms with Gasteiger partial charge in [0.1, 0.15) is 0 Å². The van der Waals surface area contributed by atoms with E-state index < -0.39 is 0 Å². The van der Waals surface area contributed by atoms with Crippen LogP contribution in [0.25, 0.3) is 10.9 Å². The molecule has 0 radical (unpaired) electrons. The molecule has 1 aromatic carbocycles. The minimum Gasteiger partial charge on any atom is -0.462 e. The van der Waals surface area contributed by atoms with Crippen LogP contribution in [0, 0.1) is 13.8 Å². The number of carbonyl (C=O) groups excluding carboxylic acids is 1. The summed E-state index contributed by atoms with van der Waals surface area (Å²) in [6.07, 6.45) is 4.34. The first-order valence-corrected chi connectivity index (χ1v) is 8.16. The summed E-state index contributed by atoms with van der Waals surface area (Å²) in [4.78, 5) is 16.9. The molecule has 3 nitrogen and oxygen atoms in total. The number of fused-ring (bicyclic) bond motifs is 1. The van der Waals surface area contributed by atoms with Gasteiger partial charge in [-0.05, 0) is 38.0 Å². The fraction of sp³-hybridized carbons (Fsp3) is 0.444. The molecule has 1 heterocycles. The molecule has 0 N–H and O–H groups in total. The fourth-order valence-corrected chi connectivity index (χ4v) is 2.63. The van der Waals surface area contributed by atoms with E-state index >= 15 is 0 Å². The van der Waals surface area contributed by atoms with Crippen LogP contribution >= 0.6 is 11.6 Å². The zero-order valence-electron chi connectivity index (χ0n) is 13.4. The molecule has 2 rings (SSSR count). The number of carbonyl (C=O) groups is 1. The SMILES string of the molecule is CCCCCCOC(=O)c1cc(C)nc2c(C)c(Cl)ccc12. The van der Waals surface area contributed by atoms with E-state index in [1.807, 2.05) is 19.9 Å². The molecule has 118 valence electrons. The molecule has 0 spiro atoms. The third-order valence-electron chi connectivity index (χ3n) is 3.75. The first-order chi connectivity index (χ1) is 10.5. The van der Waals surface area contributed by atoms with Crippen LogP contribution < -0.4 is 0 Å². The van der Waals surface area contributed by atoms with Gasteiger partial charge in [0.2, 0.25) is 0 Å². The number of hydrogen-bond acceptors (Lipinski definition) is 3. The lowest BCUT2D eigenvalue weighted by Crippen LogP contribution is -2.08. The molecule has 4 heteroatoms. The number of hydrogen-bond donors (Lipinski definition) is 0. The van der Waals surface area contributed by atoms with Crippen molar-refractivity contribution < 1.29 is 9.53 Å². The van der Waals surface area contributed by atoms with Gasteiger partial charge in [-0.3, -0.25) is 4.98 Å². The number of benzene rings is 1.